The summed E-state index contributed by atoms with van der Waals surface area (Å²) in [5.74, 6) is -0.00299. The van der Waals surface area contributed by atoms with E-state index in [0.717, 1.165) is 12.5 Å². The molecule has 2 unspecified atom stereocenters. The molecule has 0 amide bonds. The Morgan fingerprint density at radius 3 is 2.81 bits per heavy atom. The lowest BCUT2D eigenvalue weighted by atomic mass is 10.0. The first-order chi connectivity index (χ1) is 10.0. The van der Waals surface area contributed by atoms with Crippen LogP contribution in [0.25, 0.3) is 0 Å². The molecule has 1 saturated heterocycles. The van der Waals surface area contributed by atoms with Crippen molar-refractivity contribution in [1.82, 2.24) is 25.5 Å². The maximum Gasteiger partial charge on any atom is 0.272 e. The monoisotopic (exact) mass is 292 g/mol. The van der Waals surface area contributed by atoms with E-state index >= 15 is 0 Å². The second-order valence-corrected chi connectivity index (χ2v) is 4.95. The van der Waals surface area contributed by atoms with E-state index in [1.54, 1.807) is 7.05 Å². The van der Waals surface area contributed by atoms with Gasteiger partial charge in [-0.25, -0.2) is 4.39 Å². The molecule has 1 aromatic heterocycles. The predicted octanol–water partition coefficient (Wildman–Crippen LogP) is 1.42. The number of benzene rings is 1. The van der Waals surface area contributed by atoms with Crippen LogP contribution >= 0.6 is 0 Å². The van der Waals surface area contributed by atoms with Gasteiger partial charge in [-0.1, -0.05) is 0 Å². The molecule has 1 aliphatic rings. The first-order valence-corrected chi connectivity index (χ1v) is 6.48. The molecule has 0 spiro atoms. The number of nitrogens with one attached hydrogen (secondary N) is 1. The average molecular weight is 292 g/mol. The van der Waals surface area contributed by atoms with Gasteiger partial charge in [-0.05, 0) is 24.1 Å². The molecule has 2 aromatic rings. The Hall–Kier alpha value is -2.42. The van der Waals surface area contributed by atoms with E-state index in [9.17, 15) is 14.5 Å². The third-order valence-electron chi connectivity index (χ3n) is 3.55. The van der Waals surface area contributed by atoms with Crippen molar-refractivity contribution >= 4 is 5.69 Å². The van der Waals surface area contributed by atoms with E-state index in [-0.39, 0.29) is 17.8 Å². The Balaban J connectivity index is 1.78. The van der Waals surface area contributed by atoms with Gasteiger partial charge in [0.15, 0.2) is 5.82 Å². The number of aromatic nitrogens is 4. The third kappa shape index (κ3) is 2.59. The standard InChI is InChI=1S/C12H13FN6O2/c1-18-16-12(15-17-18)11-5-4-10(14-11)8-3-2-7(19(20)21)6-9(8)13/h2-3,6,10-11,14H,4-5H2,1H3. The summed E-state index contributed by atoms with van der Waals surface area (Å²) in [6.07, 6.45) is 1.46. The SMILES string of the molecule is Cn1nnc(C2CCC(c3ccc([N+](=O)[O-])cc3F)N2)n1. The number of aryl methyl sites for hydroxylation is 1. The van der Waals surface area contributed by atoms with Crippen molar-refractivity contribution in [2.45, 2.75) is 24.9 Å². The van der Waals surface area contributed by atoms with Gasteiger partial charge in [-0.3, -0.25) is 10.1 Å². The number of halogens is 1. The molecule has 110 valence electrons. The van der Waals surface area contributed by atoms with Crippen LogP contribution in [0.2, 0.25) is 0 Å². The Kier molecular flexibility index (Phi) is 3.34. The molecule has 2 atom stereocenters. The van der Waals surface area contributed by atoms with Crippen LogP contribution in [0.5, 0.6) is 0 Å². The maximum atomic E-state index is 14.0. The molecule has 1 aromatic carbocycles. The predicted molar refractivity (Wildman–Crippen MR) is 69.7 cm³/mol. The van der Waals surface area contributed by atoms with Crippen LogP contribution in [-0.2, 0) is 7.05 Å². The number of tetrazole rings is 1. The zero-order chi connectivity index (χ0) is 15.0. The van der Waals surface area contributed by atoms with Crippen LogP contribution in [0.3, 0.4) is 0 Å². The highest BCUT2D eigenvalue weighted by Gasteiger charge is 2.30. The second-order valence-electron chi connectivity index (χ2n) is 4.95. The molecule has 0 saturated carbocycles. The highest BCUT2D eigenvalue weighted by molar-refractivity contribution is 5.36. The highest BCUT2D eigenvalue weighted by atomic mass is 19.1. The van der Waals surface area contributed by atoms with Crippen LogP contribution in [-0.4, -0.2) is 25.1 Å². The summed E-state index contributed by atoms with van der Waals surface area (Å²) in [6, 6.07) is 3.43. The normalized spacial score (nSPS) is 21.6. The van der Waals surface area contributed by atoms with Crippen molar-refractivity contribution in [3.63, 3.8) is 0 Å². The summed E-state index contributed by atoms with van der Waals surface area (Å²) in [5.41, 5.74) is 0.174. The van der Waals surface area contributed by atoms with Gasteiger partial charge in [0, 0.05) is 17.7 Å². The topological polar surface area (TPSA) is 98.8 Å². The van der Waals surface area contributed by atoms with E-state index in [1.807, 2.05) is 0 Å². The number of nitro groups is 1. The molecule has 0 aliphatic carbocycles. The Bertz CT molecular complexity index is 688. The van der Waals surface area contributed by atoms with Gasteiger partial charge in [0.05, 0.1) is 24.1 Å². The highest BCUT2D eigenvalue weighted by Crippen LogP contribution is 2.34. The minimum atomic E-state index is -0.610. The first kappa shape index (κ1) is 13.6. The Morgan fingerprint density at radius 1 is 1.43 bits per heavy atom. The van der Waals surface area contributed by atoms with Gasteiger partial charge in [-0.2, -0.15) is 4.80 Å². The zero-order valence-corrected chi connectivity index (χ0v) is 11.2. The quantitative estimate of drug-likeness (QED) is 0.678. The molecule has 1 aliphatic heterocycles. The molecule has 3 rings (SSSR count). The van der Waals surface area contributed by atoms with Crippen molar-refractivity contribution in [2.24, 2.45) is 7.05 Å². The molecule has 8 nitrogen and oxygen atoms in total. The molecule has 1 N–H and O–H groups in total. The lowest BCUT2D eigenvalue weighted by Gasteiger charge is -2.13. The van der Waals surface area contributed by atoms with Crippen LogP contribution < -0.4 is 5.32 Å². The number of nitrogens with zero attached hydrogens (tertiary/aromatic N) is 5. The summed E-state index contributed by atoms with van der Waals surface area (Å²) in [5, 5.41) is 25.7. The largest absolute Gasteiger partial charge is 0.300 e. The van der Waals surface area contributed by atoms with Crippen LogP contribution in [0, 0.1) is 15.9 Å². The van der Waals surface area contributed by atoms with Gasteiger partial charge in [0.2, 0.25) is 0 Å². The molecule has 9 heteroatoms. The fraction of sp³-hybridized carbons (Fsp3) is 0.417. The van der Waals surface area contributed by atoms with Gasteiger partial charge in [0.25, 0.3) is 5.69 Å². The molecule has 1 fully saturated rings. The first-order valence-electron chi connectivity index (χ1n) is 6.48. The lowest BCUT2D eigenvalue weighted by molar-refractivity contribution is -0.385. The van der Waals surface area contributed by atoms with Crippen molar-refractivity contribution < 1.29 is 9.31 Å². The Labute approximate surface area is 119 Å². The number of non-ortho nitro benzene ring substituents is 1. The smallest absolute Gasteiger partial charge is 0.272 e. The number of hydrogen-bond donors (Lipinski definition) is 1. The molecule has 2 heterocycles. The Morgan fingerprint density at radius 2 is 2.19 bits per heavy atom. The molecule has 0 bridgehead atoms. The van der Waals surface area contributed by atoms with Gasteiger partial charge >= 0.3 is 0 Å². The lowest BCUT2D eigenvalue weighted by Crippen LogP contribution is -2.19. The minimum Gasteiger partial charge on any atom is -0.300 e. The van der Waals surface area contributed by atoms with Crippen LogP contribution in [0.15, 0.2) is 18.2 Å². The van der Waals surface area contributed by atoms with Crippen LogP contribution in [0.4, 0.5) is 10.1 Å². The van der Waals surface area contributed by atoms with Crippen molar-refractivity contribution in [3.05, 3.63) is 45.5 Å². The molecular formula is C12H13FN6O2. The summed E-state index contributed by atoms with van der Waals surface area (Å²) >= 11 is 0. The van der Waals surface area contributed by atoms with E-state index in [0.29, 0.717) is 17.8 Å². The fourth-order valence-electron chi connectivity index (χ4n) is 2.54. The number of nitro benzene ring substituents is 1. The van der Waals surface area contributed by atoms with E-state index < -0.39 is 10.7 Å². The van der Waals surface area contributed by atoms with E-state index in [1.165, 1.54) is 16.9 Å². The van der Waals surface area contributed by atoms with Crippen molar-refractivity contribution in [2.75, 3.05) is 0 Å². The minimum absolute atomic E-state index is 0.0849. The summed E-state index contributed by atoms with van der Waals surface area (Å²) in [6.45, 7) is 0. The number of rotatable bonds is 3. The summed E-state index contributed by atoms with van der Waals surface area (Å²) in [7, 11) is 1.68. The van der Waals surface area contributed by atoms with Crippen LogP contribution in [0.1, 0.15) is 36.3 Å². The van der Waals surface area contributed by atoms with E-state index in [2.05, 4.69) is 20.7 Å². The molecule has 0 radical (unpaired) electrons. The third-order valence-corrected chi connectivity index (χ3v) is 3.55. The summed E-state index contributed by atoms with van der Waals surface area (Å²) < 4.78 is 14.0. The van der Waals surface area contributed by atoms with Crippen molar-refractivity contribution in [3.8, 4) is 0 Å². The van der Waals surface area contributed by atoms with Gasteiger partial charge in [-0.15, -0.1) is 10.2 Å². The van der Waals surface area contributed by atoms with E-state index in [4.69, 9.17) is 0 Å². The second kappa shape index (κ2) is 5.17. The molecular weight excluding hydrogens is 279 g/mol. The maximum absolute atomic E-state index is 14.0. The van der Waals surface area contributed by atoms with Gasteiger partial charge < -0.3 is 5.32 Å². The number of hydrogen-bond acceptors (Lipinski definition) is 6. The van der Waals surface area contributed by atoms with Crippen molar-refractivity contribution in [1.29, 1.82) is 0 Å². The summed E-state index contributed by atoms with van der Waals surface area (Å²) in [4.78, 5) is 11.4. The molecule has 21 heavy (non-hydrogen) atoms. The average Bonchev–Trinajstić information content (AvgIpc) is 3.07. The van der Waals surface area contributed by atoms with Gasteiger partial charge in [0.1, 0.15) is 5.82 Å². The fourth-order valence-corrected chi connectivity index (χ4v) is 2.54. The zero-order valence-electron chi connectivity index (χ0n) is 11.2.